The van der Waals surface area contributed by atoms with Gasteiger partial charge in [-0.3, -0.25) is 0 Å². The Morgan fingerprint density at radius 3 is 2.64 bits per heavy atom. The Morgan fingerprint density at radius 2 is 2.27 bits per heavy atom. The minimum Gasteiger partial charge on any atom is -0.359 e. The van der Waals surface area contributed by atoms with Crippen molar-refractivity contribution in [2.45, 2.75) is 32.5 Å². The van der Waals surface area contributed by atoms with Crippen molar-refractivity contribution in [2.24, 2.45) is 0 Å². The normalized spacial score (nSPS) is 15.5. The lowest BCUT2D eigenvalue weighted by atomic mass is 10.3. The molecule has 0 radical (unpaired) electrons. The molecule has 2 unspecified atom stereocenters. The van der Waals surface area contributed by atoms with Crippen LogP contribution in [0.25, 0.3) is 0 Å². The van der Waals surface area contributed by atoms with Gasteiger partial charge in [-0.15, -0.1) is 0 Å². The summed E-state index contributed by atoms with van der Waals surface area (Å²) in [6, 6.07) is 2.09. The summed E-state index contributed by atoms with van der Waals surface area (Å²) in [6.45, 7) is 4.69. The summed E-state index contributed by atoms with van der Waals surface area (Å²) >= 11 is 0. The van der Waals surface area contributed by atoms with Gasteiger partial charge in [-0.25, -0.2) is 0 Å². The first-order chi connectivity index (χ1) is 5.24. The van der Waals surface area contributed by atoms with Gasteiger partial charge in [0.25, 0.3) is 0 Å². The molecule has 1 N–H and O–H groups in total. The lowest BCUT2D eigenvalue weighted by molar-refractivity contribution is 0.0284. The molecule has 3 heteroatoms. The average molecular weight is 156 g/mol. The number of likely N-dealkylation sites (N-methyl/N-ethyl adjacent to an activating group) is 1. The average Bonchev–Trinajstić information content (AvgIpc) is 2.01. The first-order valence-electron chi connectivity index (χ1n) is 3.94. The van der Waals surface area contributed by atoms with E-state index in [0.29, 0.717) is 0 Å². The first kappa shape index (κ1) is 10.4. The van der Waals surface area contributed by atoms with Gasteiger partial charge in [-0.2, -0.15) is 5.26 Å². The van der Waals surface area contributed by atoms with Crippen molar-refractivity contribution < 1.29 is 4.74 Å². The number of nitrogens with one attached hydrogen (secondary N) is 1. The standard InChI is InChI=1S/C8H16N2O/c1-4-8(5-9)11-7(2)6-10-3/h7-8,10H,4,6H2,1-3H3. The Morgan fingerprint density at radius 1 is 1.64 bits per heavy atom. The van der Waals surface area contributed by atoms with Gasteiger partial charge in [-0.1, -0.05) is 6.92 Å². The van der Waals surface area contributed by atoms with E-state index in [1.165, 1.54) is 0 Å². The van der Waals surface area contributed by atoms with Gasteiger partial charge in [-0.05, 0) is 20.4 Å². The van der Waals surface area contributed by atoms with Gasteiger partial charge >= 0.3 is 0 Å². The summed E-state index contributed by atoms with van der Waals surface area (Å²) in [5.74, 6) is 0. The monoisotopic (exact) mass is 156 g/mol. The molecule has 0 aliphatic heterocycles. The Balaban J connectivity index is 3.55. The van der Waals surface area contributed by atoms with Crippen LogP contribution in [-0.4, -0.2) is 25.8 Å². The molecule has 2 atom stereocenters. The Kier molecular flexibility index (Phi) is 5.81. The summed E-state index contributed by atoms with van der Waals surface area (Å²) < 4.78 is 5.37. The molecule has 0 rings (SSSR count). The van der Waals surface area contributed by atoms with Crippen molar-refractivity contribution in [3.63, 3.8) is 0 Å². The number of hydrogen-bond acceptors (Lipinski definition) is 3. The molecule has 0 amide bonds. The summed E-state index contributed by atoms with van der Waals surface area (Å²) in [7, 11) is 1.87. The highest BCUT2D eigenvalue weighted by molar-refractivity contribution is 4.83. The predicted octanol–water partition coefficient (Wildman–Crippen LogP) is 0.913. The van der Waals surface area contributed by atoms with Gasteiger partial charge in [0.2, 0.25) is 0 Å². The van der Waals surface area contributed by atoms with Crippen LogP contribution in [0.1, 0.15) is 20.3 Å². The summed E-state index contributed by atoms with van der Waals surface area (Å²) in [4.78, 5) is 0. The zero-order valence-electron chi connectivity index (χ0n) is 7.42. The van der Waals surface area contributed by atoms with Crippen LogP contribution in [0.5, 0.6) is 0 Å². The number of rotatable bonds is 5. The third-order valence-corrected chi connectivity index (χ3v) is 1.40. The topological polar surface area (TPSA) is 45.0 Å². The summed E-state index contributed by atoms with van der Waals surface area (Å²) in [6.07, 6.45) is 0.618. The quantitative estimate of drug-likeness (QED) is 0.643. The highest BCUT2D eigenvalue weighted by atomic mass is 16.5. The van der Waals surface area contributed by atoms with Crippen LogP contribution in [0, 0.1) is 11.3 Å². The molecule has 0 bridgehead atoms. The van der Waals surface area contributed by atoms with E-state index in [1.807, 2.05) is 20.9 Å². The number of hydrogen-bond donors (Lipinski definition) is 1. The smallest absolute Gasteiger partial charge is 0.144 e. The summed E-state index contributed by atoms with van der Waals surface area (Å²) in [5, 5.41) is 11.5. The van der Waals surface area contributed by atoms with Crippen molar-refractivity contribution in [3.8, 4) is 6.07 Å². The fourth-order valence-corrected chi connectivity index (χ4v) is 0.834. The third kappa shape index (κ3) is 4.77. The Labute approximate surface area is 68.3 Å². The maximum atomic E-state index is 8.55. The van der Waals surface area contributed by atoms with Crippen LogP contribution in [0.4, 0.5) is 0 Å². The van der Waals surface area contributed by atoms with E-state index in [0.717, 1.165) is 13.0 Å². The second kappa shape index (κ2) is 6.14. The maximum Gasteiger partial charge on any atom is 0.144 e. The molecule has 0 aromatic carbocycles. The van der Waals surface area contributed by atoms with Crippen molar-refractivity contribution >= 4 is 0 Å². The minimum absolute atomic E-state index is 0.115. The van der Waals surface area contributed by atoms with Gasteiger partial charge in [0.05, 0.1) is 12.2 Å². The molecule has 64 valence electrons. The largest absolute Gasteiger partial charge is 0.359 e. The molecule has 0 saturated heterocycles. The zero-order valence-corrected chi connectivity index (χ0v) is 7.42. The molecule has 0 fully saturated rings. The highest BCUT2D eigenvalue weighted by Crippen LogP contribution is 2.00. The second-order valence-electron chi connectivity index (χ2n) is 2.53. The molecular weight excluding hydrogens is 140 g/mol. The SMILES string of the molecule is CCC(C#N)OC(C)CNC. The van der Waals surface area contributed by atoms with Gasteiger partial charge < -0.3 is 10.1 Å². The Bertz CT molecular complexity index is 131. The van der Waals surface area contributed by atoms with Gasteiger partial charge in [0.15, 0.2) is 0 Å². The van der Waals surface area contributed by atoms with Crippen molar-refractivity contribution in [2.75, 3.05) is 13.6 Å². The number of ether oxygens (including phenoxy) is 1. The minimum atomic E-state index is -0.252. The van der Waals surface area contributed by atoms with Crippen LogP contribution in [0.3, 0.4) is 0 Å². The molecule has 0 aliphatic rings. The van der Waals surface area contributed by atoms with E-state index in [4.69, 9.17) is 10.00 Å². The molecule has 0 heterocycles. The van der Waals surface area contributed by atoms with Crippen LogP contribution in [-0.2, 0) is 4.74 Å². The highest BCUT2D eigenvalue weighted by Gasteiger charge is 2.08. The predicted molar refractivity (Wildman–Crippen MR) is 44.2 cm³/mol. The molecule has 0 saturated carbocycles. The van der Waals surface area contributed by atoms with Crippen molar-refractivity contribution in [1.82, 2.24) is 5.32 Å². The van der Waals surface area contributed by atoms with Gasteiger partial charge in [0.1, 0.15) is 6.10 Å². The molecule has 0 aromatic rings. The first-order valence-corrected chi connectivity index (χ1v) is 3.94. The van der Waals surface area contributed by atoms with E-state index in [9.17, 15) is 0 Å². The third-order valence-electron chi connectivity index (χ3n) is 1.40. The maximum absolute atomic E-state index is 8.55. The number of nitrogens with zero attached hydrogens (tertiary/aromatic N) is 1. The molecule has 3 nitrogen and oxygen atoms in total. The van der Waals surface area contributed by atoms with E-state index in [2.05, 4.69) is 11.4 Å². The molecular formula is C8H16N2O. The van der Waals surface area contributed by atoms with Crippen LogP contribution in [0.2, 0.25) is 0 Å². The Hall–Kier alpha value is -0.590. The summed E-state index contributed by atoms with van der Waals surface area (Å²) in [5.41, 5.74) is 0. The molecule has 11 heavy (non-hydrogen) atoms. The van der Waals surface area contributed by atoms with Crippen molar-refractivity contribution in [3.05, 3.63) is 0 Å². The van der Waals surface area contributed by atoms with Crippen LogP contribution in [0.15, 0.2) is 0 Å². The molecule has 0 aromatic heterocycles. The lowest BCUT2D eigenvalue weighted by Gasteiger charge is -2.15. The fraction of sp³-hybridized carbons (Fsp3) is 0.875. The lowest BCUT2D eigenvalue weighted by Crippen LogP contribution is -2.27. The van der Waals surface area contributed by atoms with Gasteiger partial charge in [0, 0.05) is 6.54 Å². The van der Waals surface area contributed by atoms with Crippen LogP contribution < -0.4 is 5.32 Å². The molecule has 0 aliphatic carbocycles. The van der Waals surface area contributed by atoms with Crippen LogP contribution >= 0.6 is 0 Å². The fourth-order valence-electron chi connectivity index (χ4n) is 0.834. The van der Waals surface area contributed by atoms with E-state index < -0.39 is 0 Å². The van der Waals surface area contributed by atoms with Crippen molar-refractivity contribution in [1.29, 1.82) is 5.26 Å². The zero-order chi connectivity index (χ0) is 8.69. The number of nitriles is 1. The van der Waals surface area contributed by atoms with E-state index in [-0.39, 0.29) is 12.2 Å². The van der Waals surface area contributed by atoms with E-state index in [1.54, 1.807) is 0 Å². The molecule has 0 spiro atoms. The van der Waals surface area contributed by atoms with E-state index >= 15 is 0 Å². The second-order valence-corrected chi connectivity index (χ2v) is 2.53.